The van der Waals surface area contributed by atoms with Crippen molar-refractivity contribution in [1.82, 2.24) is 19.7 Å². The minimum absolute atomic E-state index is 0.111. The molecule has 36 heavy (non-hydrogen) atoms. The van der Waals surface area contributed by atoms with Gasteiger partial charge in [-0.25, -0.2) is 9.37 Å². The van der Waals surface area contributed by atoms with Gasteiger partial charge < -0.3 is 10.2 Å². The maximum absolute atomic E-state index is 13.8. The van der Waals surface area contributed by atoms with Crippen molar-refractivity contribution in [2.45, 2.75) is 39.7 Å². The zero-order valence-corrected chi connectivity index (χ0v) is 21.0. The van der Waals surface area contributed by atoms with Gasteiger partial charge in [0.15, 0.2) is 0 Å². The zero-order chi connectivity index (χ0) is 25.7. The lowest BCUT2D eigenvalue weighted by Gasteiger charge is -2.31. The number of carbonyl (C=O) groups is 2. The second kappa shape index (κ2) is 11.4. The van der Waals surface area contributed by atoms with Crippen LogP contribution in [-0.4, -0.2) is 44.6 Å². The zero-order valence-electron chi connectivity index (χ0n) is 20.2. The normalized spacial score (nSPS) is 13.7. The Hall–Kier alpha value is -3.70. The Morgan fingerprint density at radius 3 is 2.64 bits per heavy atom. The van der Waals surface area contributed by atoms with Crippen LogP contribution < -0.4 is 5.32 Å². The number of amides is 2. The second-order valence-corrected chi connectivity index (χ2v) is 9.28. The van der Waals surface area contributed by atoms with Gasteiger partial charge in [-0.2, -0.15) is 5.10 Å². The van der Waals surface area contributed by atoms with Crippen LogP contribution in [0.15, 0.2) is 42.7 Å². The van der Waals surface area contributed by atoms with Crippen LogP contribution in [0.1, 0.15) is 53.4 Å². The molecule has 1 saturated heterocycles. The summed E-state index contributed by atoms with van der Waals surface area (Å²) in [5.74, 6) is 5.88. The number of halogens is 2. The molecule has 9 heteroatoms. The van der Waals surface area contributed by atoms with Crippen molar-refractivity contribution in [3.05, 3.63) is 75.9 Å². The molecule has 0 saturated carbocycles. The summed E-state index contributed by atoms with van der Waals surface area (Å²) in [5, 5.41) is 7.37. The minimum atomic E-state index is -0.398. The predicted octanol–water partition coefficient (Wildman–Crippen LogP) is 4.68. The van der Waals surface area contributed by atoms with Gasteiger partial charge in [0.1, 0.15) is 17.3 Å². The van der Waals surface area contributed by atoms with Crippen LogP contribution in [0.3, 0.4) is 0 Å². The monoisotopic (exact) mass is 507 g/mol. The number of aromatic nitrogens is 3. The molecule has 1 aromatic carbocycles. The van der Waals surface area contributed by atoms with Gasteiger partial charge >= 0.3 is 0 Å². The first kappa shape index (κ1) is 25.4. The molecule has 0 aliphatic carbocycles. The summed E-state index contributed by atoms with van der Waals surface area (Å²) in [7, 11) is 0. The highest BCUT2D eigenvalue weighted by Gasteiger charge is 2.23. The van der Waals surface area contributed by atoms with Gasteiger partial charge in [-0.3, -0.25) is 14.3 Å². The van der Waals surface area contributed by atoms with Gasteiger partial charge in [0.25, 0.3) is 5.91 Å². The van der Waals surface area contributed by atoms with E-state index in [2.05, 4.69) is 27.2 Å². The van der Waals surface area contributed by atoms with Gasteiger partial charge in [-0.15, -0.1) is 0 Å². The van der Waals surface area contributed by atoms with Gasteiger partial charge in [-0.05, 0) is 55.9 Å². The summed E-state index contributed by atoms with van der Waals surface area (Å²) >= 11 is 6.30. The molecule has 1 aliphatic heterocycles. The fourth-order valence-corrected chi connectivity index (χ4v) is 4.47. The number of piperidine rings is 1. The molecule has 2 aromatic heterocycles. The van der Waals surface area contributed by atoms with E-state index in [-0.39, 0.29) is 22.4 Å². The molecule has 0 bridgehead atoms. The van der Waals surface area contributed by atoms with Crippen LogP contribution in [0, 0.1) is 30.5 Å². The number of hydrogen-bond acceptors (Lipinski definition) is 4. The van der Waals surface area contributed by atoms with Gasteiger partial charge in [0.2, 0.25) is 5.91 Å². The Morgan fingerprint density at radius 2 is 1.94 bits per heavy atom. The van der Waals surface area contributed by atoms with Crippen molar-refractivity contribution in [2.75, 3.05) is 18.4 Å². The van der Waals surface area contributed by atoms with E-state index in [0.29, 0.717) is 35.0 Å². The molecule has 4 rings (SSSR count). The van der Waals surface area contributed by atoms with Crippen molar-refractivity contribution in [3.63, 3.8) is 0 Å². The largest absolute Gasteiger partial charge is 0.343 e. The first-order chi connectivity index (χ1) is 17.3. The number of nitrogens with one attached hydrogen (secondary N) is 1. The number of pyridine rings is 1. The number of rotatable bonds is 5. The van der Waals surface area contributed by atoms with Crippen LogP contribution in [0.25, 0.3) is 0 Å². The molecule has 2 amide bonds. The SMILES string of the molecule is CC(=O)N1CCC(CCn2ncc(Cl)c2C(=O)Nc2ncc(C#Cc3ccccc3F)cc2C)CC1. The lowest BCUT2D eigenvalue weighted by molar-refractivity contribution is -0.130. The number of aryl methyl sites for hydroxylation is 2. The first-order valence-electron chi connectivity index (χ1n) is 11.8. The number of likely N-dealkylation sites (tertiary alicyclic amines) is 1. The van der Waals surface area contributed by atoms with E-state index in [1.54, 1.807) is 35.9 Å². The van der Waals surface area contributed by atoms with Crippen molar-refractivity contribution in [3.8, 4) is 11.8 Å². The van der Waals surface area contributed by atoms with Gasteiger partial charge in [0, 0.05) is 38.3 Å². The smallest absolute Gasteiger partial charge is 0.276 e. The van der Waals surface area contributed by atoms with Crippen molar-refractivity contribution >= 4 is 29.2 Å². The molecule has 1 fully saturated rings. The maximum atomic E-state index is 13.8. The molecule has 0 unspecified atom stereocenters. The third kappa shape index (κ3) is 6.10. The molecule has 1 aliphatic rings. The highest BCUT2D eigenvalue weighted by atomic mass is 35.5. The van der Waals surface area contributed by atoms with Crippen molar-refractivity contribution in [1.29, 1.82) is 0 Å². The van der Waals surface area contributed by atoms with Crippen LogP contribution >= 0.6 is 11.6 Å². The number of benzene rings is 1. The molecular formula is C27H27ClFN5O2. The minimum Gasteiger partial charge on any atom is -0.343 e. The Balaban J connectivity index is 1.40. The van der Waals surface area contributed by atoms with E-state index in [1.807, 2.05) is 11.8 Å². The maximum Gasteiger partial charge on any atom is 0.276 e. The molecule has 0 atom stereocenters. The number of carbonyl (C=O) groups excluding carboxylic acids is 2. The Bertz CT molecular complexity index is 1340. The van der Waals surface area contributed by atoms with Crippen LogP contribution in [0.4, 0.5) is 10.2 Å². The second-order valence-electron chi connectivity index (χ2n) is 8.88. The van der Waals surface area contributed by atoms with Crippen LogP contribution in [-0.2, 0) is 11.3 Å². The quantitative estimate of drug-likeness (QED) is 0.508. The fraction of sp³-hybridized carbons (Fsp3) is 0.333. The van der Waals surface area contributed by atoms with E-state index < -0.39 is 5.91 Å². The first-order valence-corrected chi connectivity index (χ1v) is 12.2. The van der Waals surface area contributed by atoms with E-state index in [1.165, 1.54) is 18.5 Å². The topological polar surface area (TPSA) is 80.1 Å². The van der Waals surface area contributed by atoms with Gasteiger partial charge in [0.05, 0.1) is 16.8 Å². The Labute approximate surface area is 214 Å². The predicted molar refractivity (Wildman–Crippen MR) is 136 cm³/mol. The molecule has 3 heterocycles. The number of nitrogens with zero attached hydrogens (tertiary/aromatic N) is 4. The van der Waals surface area contributed by atoms with Crippen LogP contribution in [0.5, 0.6) is 0 Å². The third-order valence-electron chi connectivity index (χ3n) is 6.34. The molecule has 7 nitrogen and oxygen atoms in total. The highest BCUT2D eigenvalue weighted by molar-refractivity contribution is 6.34. The molecule has 3 aromatic rings. The summed E-state index contributed by atoms with van der Waals surface area (Å²) in [5.41, 5.74) is 1.90. The van der Waals surface area contributed by atoms with E-state index >= 15 is 0 Å². The fourth-order valence-electron chi connectivity index (χ4n) is 4.24. The van der Waals surface area contributed by atoms with Gasteiger partial charge in [-0.1, -0.05) is 35.6 Å². The third-order valence-corrected chi connectivity index (χ3v) is 6.62. The summed E-state index contributed by atoms with van der Waals surface area (Å²) in [6.45, 7) is 5.48. The van der Waals surface area contributed by atoms with Crippen molar-refractivity contribution < 1.29 is 14.0 Å². The summed E-state index contributed by atoms with van der Waals surface area (Å²) < 4.78 is 15.4. The Morgan fingerprint density at radius 1 is 1.19 bits per heavy atom. The van der Waals surface area contributed by atoms with Crippen LogP contribution in [0.2, 0.25) is 5.02 Å². The molecule has 0 radical (unpaired) electrons. The number of anilines is 1. The lowest BCUT2D eigenvalue weighted by atomic mass is 9.93. The molecular weight excluding hydrogens is 481 g/mol. The summed E-state index contributed by atoms with van der Waals surface area (Å²) in [6, 6.07) is 8.09. The molecule has 186 valence electrons. The summed E-state index contributed by atoms with van der Waals surface area (Å²) in [6.07, 6.45) is 5.72. The van der Waals surface area contributed by atoms with E-state index in [0.717, 1.165) is 32.4 Å². The number of hydrogen-bond donors (Lipinski definition) is 1. The lowest BCUT2D eigenvalue weighted by Crippen LogP contribution is -2.37. The van der Waals surface area contributed by atoms with E-state index in [4.69, 9.17) is 11.6 Å². The average molecular weight is 508 g/mol. The molecule has 1 N–H and O–H groups in total. The standard InChI is InChI=1S/C27H27ClFN5O2/c1-18-15-21(7-8-22-5-3-4-6-24(22)29)16-30-26(18)32-27(36)25-23(28)17-31-34(25)14-11-20-9-12-33(13-10-20)19(2)35/h3-6,15-17,20H,9-14H2,1-2H3,(H,30,32,36). The Kier molecular flexibility index (Phi) is 8.01. The van der Waals surface area contributed by atoms with E-state index in [9.17, 15) is 14.0 Å². The highest BCUT2D eigenvalue weighted by Crippen LogP contribution is 2.24. The molecule has 0 spiro atoms. The summed E-state index contributed by atoms with van der Waals surface area (Å²) in [4.78, 5) is 30.8. The van der Waals surface area contributed by atoms with Crippen molar-refractivity contribution in [2.24, 2.45) is 5.92 Å². The average Bonchev–Trinajstić information content (AvgIpc) is 3.24.